The van der Waals surface area contributed by atoms with Crippen molar-refractivity contribution in [1.29, 1.82) is 0 Å². The normalized spacial score (nSPS) is 56.4. The van der Waals surface area contributed by atoms with E-state index in [9.17, 15) is 18.9 Å². The number of carbonyl (C=O) groups is 2. The quantitative estimate of drug-likeness (QED) is 0.491. The first-order chi connectivity index (χ1) is 13.5. The molecule has 3 saturated heterocycles. The van der Waals surface area contributed by atoms with Gasteiger partial charge in [-0.15, -0.1) is 0 Å². The van der Waals surface area contributed by atoms with Gasteiger partial charge in [0.2, 0.25) is 0 Å². The summed E-state index contributed by atoms with van der Waals surface area (Å²) in [4.78, 5) is 25.5. The lowest BCUT2D eigenvalue weighted by molar-refractivity contribution is -0.168. The standard InChI is InChI=1S/C20H24O8S/c1-17-6-8-13(25-8)19(3)12(17)11(27-16(19)22)14-20(28-14)9(17)5-10(21)26-15(20)18(2,23)7-29(4)24/h5,8,11-15,23H,6-7H2,1-4H3/t8-,11-,12+,13-,14+,15+,17+,18+,19+,20-,29?/m0/s1. The maximum Gasteiger partial charge on any atom is 0.331 e. The Morgan fingerprint density at radius 2 is 2.00 bits per heavy atom. The molecule has 6 rings (SSSR count). The van der Waals surface area contributed by atoms with Crippen LogP contribution in [0.5, 0.6) is 0 Å². The van der Waals surface area contributed by atoms with E-state index in [2.05, 4.69) is 0 Å². The van der Waals surface area contributed by atoms with E-state index in [1.54, 1.807) is 0 Å². The van der Waals surface area contributed by atoms with Gasteiger partial charge in [0, 0.05) is 34.5 Å². The fourth-order valence-corrected chi connectivity index (χ4v) is 8.18. The van der Waals surface area contributed by atoms with E-state index in [-0.39, 0.29) is 29.8 Å². The van der Waals surface area contributed by atoms with Gasteiger partial charge in [-0.1, -0.05) is 6.92 Å². The Balaban J connectivity index is 1.52. The lowest BCUT2D eigenvalue weighted by Crippen LogP contribution is -2.65. The molecule has 0 aromatic rings. The summed E-state index contributed by atoms with van der Waals surface area (Å²) in [6, 6.07) is 0. The van der Waals surface area contributed by atoms with Gasteiger partial charge in [-0.2, -0.15) is 0 Å². The summed E-state index contributed by atoms with van der Waals surface area (Å²) in [6.45, 7) is 5.45. The summed E-state index contributed by atoms with van der Waals surface area (Å²) in [5.74, 6) is -1.10. The molecule has 2 saturated carbocycles. The topological polar surface area (TPSA) is 115 Å². The average molecular weight is 424 g/mol. The maximum atomic E-state index is 12.9. The first-order valence-corrected chi connectivity index (χ1v) is 11.7. The van der Waals surface area contributed by atoms with Crippen LogP contribution in [0.4, 0.5) is 0 Å². The van der Waals surface area contributed by atoms with E-state index in [0.717, 1.165) is 5.57 Å². The predicted octanol–water partition coefficient (Wildman–Crippen LogP) is -0.156. The SMILES string of the molecule is CS(=O)C[C@@](C)(O)[C@H]1OC(=O)C=C2[C@@]13O[C@@H]3[C@H]1OC(=O)[C@@]3(C)[C@H]4O[C@H]4C[C@@]2(C)[C@@H]13. The first kappa shape index (κ1) is 18.5. The van der Waals surface area contributed by atoms with Gasteiger partial charge in [-0.3, -0.25) is 9.00 Å². The predicted molar refractivity (Wildman–Crippen MR) is 98.0 cm³/mol. The second kappa shape index (κ2) is 4.95. The van der Waals surface area contributed by atoms with Crippen LogP contribution in [0.15, 0.2) is 11.6 Å². The summed E-state index contributed by atoms with van der Waals surface area (Å²) in [5.41, 5.74) is -3.24. The van der Waals surface area contributed by atoms with Gasteiger partial charge in [0.05, 0.1) is 11.9 Å². The zero-order valence-corrected chi connectivity index (χ0v) is 17.5. The molecule has 8 nitrogen and oxygen atoms in total. The highest BCUT2D eigenvalue weighted by molar-refractivity contribution is 7.84. The Bertz CT molecular complexity index is 927. The van der Waals surface area contributed by atoms with Crippen LogP contribution < -0.4 is 0 Å². The van der Waals surface area contributed by atoms with Crippen LogP contribution in [0.25, 0.3) is 0 Å². The molecule has 4 heterocycles. The van der Waals surface area contributed by atoms with E-state index >= 15 is 0 Å². The molecule has 6 aliphatic rings. The second-order valence-electron chi connectivity index (χ2n) is 10.1. The van der Waals surface area contributed by atoms with E-state index in [0.29, 0.717) is 6.42 Å². The number of hydrogen-bond acceptors (Lipinski definition) is 8. The smallest absolute Gasteiger partial charge is 0.331 e. The number of epoxide rings is 2. The van der Waals surface area contributed by atoms with Crippen LogP contribution in [0, 0.1) is 16.7 Å². The van der Waals surface area contributed by atoms with Crippen LogP contribution in [-0.4, -0.2) is 75.0 Å². The molecule has 0 bridgehead atoms. The third-order valence-electron chi connectivity index (χ3n) is 8.11. The Morgan fingerprint density at radius 3 is 2.69 bits per heavy atom. The fourth-order valence-electron chi connectivity index (χ4n) is 7.20. The Labute approximate surface area is 170 Å². The molecule has 11 atom stereocenters. The van der Waals surface area contributed by atoms with Crippen molar-refractivity contribution in [3.63, 3.8) is 0 Å². The second-order valence-corrected chi connectivity index (χ2v) is 11.6. The minimum Gasteiger partial charge on any atom is -0.459 e. The molecule has 29 heavy (non-hydrogen) atoms. The molecule has 0 radical (unpaired) electrons. The summed E-state index contributed by atoms with van der Waals surface area (Å²) in [7, 11) is -1.31. The largest absolute Gasteiger partial charge is 0.459 e. The molecule has 1 spiro atoms. The minimum absolute atomic E-state index is 0.0633. The highest BCUT2D eigenvalue weighted by Crippen LogP contribution is 2.75. The molecule has 2 aliphatic carbocycles. The number of rotatable bonds is 3. The van der Waals surface area contributed by atoms with Gasteiger partial charge in [0.1, 0.15) is 29.3 Å². The first-order valence-electron chi connectivity index (χ1n) is 9.96. The number of carbonyl (C=O) groups excluding carboxylic acids is 2. The molecular weight excluding hydrogens is 400 g/mol. The van der Waals surface area contributed by atoms with Crippen molar-refractivity contribution in [2.75, 3.05) is 12.0 Å². The van der Waals surface area contributed by atoms with Crippen LogP contribution >= 0.6 is 0 Å². The highest BCUT2D eigenvalue weighted by Gasteiger charge is 2.87. The van der Waals surface area contributed by atoms with Gasteiger partial charge < -0.3 is 24.1 Å². The summed E-state index contributed by atoms with van der Waals surface area (Å²) >= 11 is 0. The minimum atomic E-state index is -1.56. The summed E-state index contributed by atoms with van der Waals surface area (Å²) in [6.07, 6.45) is 1.34. The molecule has 0 aromatic heterocycles. The van der Waals surface area contributed by atoms with Crippen molar-refractivity contribution in [2.24, 2.45) is 16.7 Å². The molecule has 4 aliphatic heterocycles. The van der Waals surface area contributed by atoms with Crippen molar-refractivity contribution in [1.82, 2.24) is 0 Å². The van der Waals surface area contributed by atoms with Crippen LogP contribution in [0.3, 0.4) is 0 Å². The number of esters is 2. The highest BCUT2D eigenvalue weighted by atomic mass is 32.2. The average Bonchev–Trinajstić information content (AvgIpc) is 3.48. The molecule has 1 unspecified atom stereocenters. The van der Waals surface area contributed by atoms with E-state index in [1.165, 1.54) is 19.3 Å². The maximum absolute atomic E-state index is 12.9. The summed E-state index contributed by atoms with van der Waals surface area (Å²) < 4.78 is 35.4. The van der Waals surface area contributed by atoms with E-state index in [1.807, 2.05) is 13.8 Å². The number of cyclic esters (lactones) is 1. The van der Waals surface area contributed by atoms with Crippen molar-refractivity contribution < 1.29 is 37.9 Å². The van der Waals surface area contributed by atoms with Gasteiger partial charge in [0.15, 0.2) is 11.7 Å². The molecular formula is C20H24O8S. The van der Waals surface area contributed by atoms with Crippen LogP contribution in [0.2, 0.25) is 0 Å². The zero-order valence-electron chi connectivity index (χ0n) is 16.7. The molecule has 0 amide bonds. The van der Waals surface area contributed by atoms with Gasteiger partial charge >= 0.3 is 11.9 Å². The van der Waals surface area contributed by atoms with Crippen LogP contribution in [-0.2, 0) is 39.3 Å². The van der Waals surface area contributed by atoms with E-state index in [4.69, 9.17) is 18.9 Å². The van der Waals surface area contributed by atoms with Crippen molar-refractivity contribution >= 4 is 22.7 Å². The van der Waals surface area contributed by atoms with Gasteiger partial charge in [-0.05, 0) is 25.8 Å². The number of hydrogen-bond donors (Lipinski definition) is 1. The molecule has 5 fully saturated rings. The third-order valence-corrected chi connectivity index (χ3v) is 9.10. The van der Waals surface area contributed by atoms with Gasteiger partial charge in [-0.25, -0.2) is 4.79 Å². The number of ether oxygens (including phenoxy) is 4. The van der Waals surface area contributed by atoms with Crippen molar-refractivity contribution in [2.45, 2.75) is 68.9 Å². The Hall–Kier alpha value is -1.29. The number of fused-ring (bicyclic) bond motifs is 4. The Morgan fingerprint density at radius 1 is 1.28 bits per heavy atom. The zero-order chi connectivity index (χ0) is 20.7. The lowest BCUT2D eigenvalue weighted by atomic mass is 9.47. The van der Waals surface area contributed by atoms with Crippen molar-refractivity contribution in [3.05, 3.63) is 11.6 Å². The summed E-state index contributed by atoms with van der Waals surface area (Å²) in [5, 5.41) is 11.2. The molecule has 158 valence electrons. The fraction of sp³-hybridized carbons (Fsp3) is 0.800. The monoisotopic (exact) mass is 424 g/mol. The molecule has 0 aromatic carbocycles. The molecule has 9 heteroatoms. The Kier molecular flexibility index (Phi) is 3.16. The lowest BCUT2D eigenvalue weighted by Gasteiger charge is -2.53. The number of aliphatic hydroxyl groups is 1. The van der Waals surface area contributed by atoms with E-state index < -0.39 is 57.1 Å². The molecule has 1 N–H and O–H groups in total. The van der Waals surface area contributed by atoms with Crippen LogP contribution in [0.1, 0.15) is 27.2 Å². The third kappa shape index (κ3) is 1.94. The van der Waals surface area contributed by atoms with Crippen molar-refractivity contribution in [3.8, 4) is 0 Å². The van der Waals surface area contributed by atoms with Gasteiger partial charge in [0.25, 0.3) is 0 Å².